The van der Waals surface area contributed by atoms with Gasteiger partial charge in [0.15, 0.2) is 0 Å². The Labute approximate surface area is 123 Å². The molecule has 1 N–H and O–H groups in total. The first-order valence-electron chi connectivity index (χ1n) is 8.17. The lowest BCUT2D eigenvalue weighted by Gasteiger charge is -2.34. The molecule has 0 aliphatic heterocycles. The summed E-state index contributed by atoms with van der Waals surface area (Å²) in [6.45, 7) is 6.62. The van der Waals surface area contributed by atoms with Crippen molar-refractivity contribution in [1.29, 1.82) is 0 Å². The lowest BCUT2D eigenvalue weighted by molar-refractivity contribution is 0.163. The first-order valence-corrected chi connectivity index (χ1v) is 8.17. The second kappa shape index (κ2) is 7.84. The fourth-order valence-corrected chi connectivity index (χ4v) is 3.27. The van der Waals surface area contributed by atoms with E-state index in [-0.39, 0.29) is 0 Å². The van der Waals surface area contributed by atoms with Crippen LogP contribution in [0.3, 0.4) is 0 Å². The fraction of sp³-hybridized carbons (Fsp3) is 0.765. The highest BCUT2D eigenvalue weighted by Crippen LogP contribution is 2.28. The molecule has 3 heteroatoms. The van der Waals surface area contributed by atoms with Crippen molar-refractivity contribution < 1.29 is 4.42 Å². The Kier molecular flexibility index (Phi) is 6.11. The van der Waals surface area contributed by atoms with Crippen molar-refractivity contribution in [3.63, 3.8) is 0 Å². The molecule has 0 bridgehead atoms. The van der Waals surface area contributed by atoms with Crippen LogP contribution in [0, 0.1) is 5.92 Å². The van der Waals surface area contributed by atoms with E-state index in [2.05, 4.69) is 31.1 Å². The third kappa shape index (κ3) is 4.35. The van der Waals surface area contributed by atoms with Gasteiger partial charge < -0.3 is 14.6 Å². The van der Waals surface area contributed by atoms with Gasteiger partial charge in [-0.2, -0.15) is 0 Å². The van der Waals surface area contributed by atoms with Crippen LogP contribution in [0.4, 0.5) is 0 Å². The summed E-state index contributed by atoms with van der Waals surface area (Å²) in [6.07, 6.45) is 8.69. The minimum atomic E-state index is 0.300. The van der Waals surface area contributed by atoms with Crippen LogP contribution in [0.2, 0.25) is 0 Å². The summed E-state index contributed by atoms with van der Waals surface area (Å²) < 4.78 is 5.42. The highest BCUT2D eigenvalue weighted by Gasteiger charge is 2.22. The van der Waals surface area contributed by atoms with Gasteiger partial charge in [-0.1, -0.05) is 13.3 Å². The molecule has 1 aliphatic carbocycles. The predicted molar refractivity (Wildman–Crippen MR) is 83.8 cm³/mol. The van der Waals surface area contributed by atoms with Crippen molar-refractivity contribution in [2.75, 3.05) is 20.1 Å². The van der Waals surface area contributed by atoms with Crippen molar-refractivity contribution in [1.82, 2.24) is 10.2 Å². The molecule has 0 aromatic carbocycles. The van der Waals surface area contributed by atoms with Crippen LogP contribution in [0.5, 0.6) is 0 Å². The Balaban J connectivity index is 1.64. The van der Waals surface area contributed by atoms with Crippen LogP contribution in [-0.2, 0) is 0 Å². The Hall–Kier alpha value is -0.800. The maximum atomic E-state index is 5.42. The molecule has 2 rings (SSSR count). The quantitative estimate of drug-likeness (QED) is 0.821. The van der Waals surface area contributed by atoms with Gasteiger partial charge >= 0.3 is 0 Å². The first-order chi connectivity index (χ1) is 9.70. The molecule has 0 radical (unpaired) electrons. The van der Waals surface area contributed by atoms with Gasteiger partial charge in [0, 0.05) is 19.1 Å². The van der Waals surface area contributed by atoms with Gasteiger partial charge in [-0.15, -0.1) is 0 Å². The molecule has 0 spiro atoms. The van der Waals surface area contributed by atoms with Crippen LogP contribution in [0.25, 0.3) is 0 Å². The summed E-state index contributed by atoms with van der Waals surface area (Å²) in [4.78, 5) is 2.54. The van der Waals surface area contributed by atoms with E-state index in [1.807, 2.05) is 12.1 Å². The van der Waals surface area contributed by atoms with E-state index in [4.69, 9.17) is 4.42 Å². The van der Waals surface area contributed by atoms with Gasteiger partial charge in [0.1, 0.15) is 5.76 Å². The molecule has 1 saturated carbocycles. The van der Waals surface area contributed by atoms with Gasteiger partial charge in [-0.3, -0.25) is 0 Å². The number of likely N-dealkylation sites (N-methyl/N-ethyl adjacent to an activating group) is 1. The van der Waals surface area contributed by atoms with Crippen molar-refractivity contribution in [3.8, 4) is 0 Å². The summed E-state index contributed by atoms with van der Waals surface area (Å²) >= 11 is 0. The third-order valence-electron chi connectivity index (χ3n) is 4.90. The number of hydrogen-bond donors (Lipinski definition) is 1. The van der Waals surface area contributed by atoms with Gasteiger partial charge in [0.2, 0.25) is 0 Å². The van der Waals surface area contributed by atoms with E-state index in [1.54, 1.807) is 6.26 Å². The molecule has 1 aromatic heterocycles. The summed E-state index contributed by atoms with van der Waals surface area (Å²) in [7, 11) is 2.27. The minimum absolute atomic E-state index is 0.300. The smallest absolute Gasteiger partial charge is 0.120 e. The Morgan fingerprint density at radius 1 is 1.35 bits per heavy atom. The Morgan fingerprint density at radius 2 is 2.10 bits per heavy atom. The van der Waals surface area contributed by atoms with E-state index in [9.17, 15) is 0 Å². The first kappa shape index (κ1) is 15.6. The number of nitrogens with zero attached hydrogens (tertiary/aromatic N) is 1. The zero-order valence-corrected chi connectivity index (χ0v) is 13.3. The summed E-state index contributed by atoms with van der Waals surface area (Å²) in [5, 5.41) is 3.54. The van der Waals surface area contributed by atoms with Crippen molar-refractivity contribution in [2.45, 2.75) is 58.0 Å². The molecule has 0 amide bonds. The highest BCUT2D eigenvalue weighted by molar-refractivity contribution is 5.02. The van der Waals surface area contributed by atoms with E-state index < -0.39 is 0 Å². The maximum Gasteiger partial charge on any atom is 0.120 e. The molecule has 1 heterocycles. The molecular weight excluding hydrogens is 248 g/mol. The second-order valence-corrected chi connectivity index (χ2v) is 6.25. The number of hydrogen-bond acceptors (Lipinski definition) is 3. The highest BCUT2D eigenvalue weighted by atomic mass is 16.3. The molecule has 1 fully saturated rings. The van der Waals surface area contributed by atoms with Gasteiger partial charge in [0.25, 0.3) is 0 Å². The van der Waals surface area contributed by atoms with Crippen LogP contribution in [0.15, 0.2) is 22.8 Å². The van der Waals surface area contributed by atoms with Crippen molar-refractivity contribution in [3.05, 3.63) is 24.2 Å². The maximum absolute atomic E-state index is 5.42. The molecule has 1 atom stereocenters. The second-order valence-electron chi connectivity index (χ2n) is 6.25. The van der Waals surface area contributed by atoms with Crippen molar-refractivity contribution in [2.24, 2.45) is 5.92 Å². The lowest BCUT2D eigenvalue weighted by atomic mass is 9.84. The van der Waals surface area contributed by atoms with E-state index in [1.165, 1.54) is 32.1 Å². The summed E-state index contributed by atoms with van der Waals surface area (Å²) in [5.41, 5.74) is 0. The van der Waals surface area contributed by atoms with Gasteiger partial charge in [-0.25, -0.2) is 0 Å². The molecule has 1 aliphatic rings. The van der Waals surface area contributed by atoms with Gasteiger partial charge in [0.05, 0.1) is 12.3 Å². The van der Waals surface area contributed by atoms with Crippen molar-refractivity contribution >= 4 is 0 Å². The predicted octanol–water partition coefficient (Wildman–Crippen LogP) is 3.83. The van der Waals surface area contributed by atoms with Crippen LogP contribution < -0.4 is 5.32 Å². The zero-order chi connectivity index (χ0) is 14.4. The van der Waals surface area contributed by atoms with Crippen LogP contribution >= 0.6 is 0 Å². The molecule has 20 heavy (non-hydrogen) atoms. The largest absolute Gasteiger partial charge is 0.468 e. The SMILES string of the molecule is CCC1CCC(N(C)CCNC(C)c2ccco2)CC1. The monoisotopic (exact) mass is 278 g/mol. The lowest BCUT2D eigenvalue weighted by Crippen LogP contribution is -2.39. The van der Waals surface area contributed by atoms with Gasteiger partial charge in [-0.05, 0) is 57.7 Å². The molecule has 0 saturated heterocycles. The Morgan fingerprint density at radius 3 is 2.70 bits per heavy atom. The molecule has 3 nitrogen and oxygen atoms in total. The molecule has 1 unspecified atom stereocenters. The zero-order valence-electron chi connectivity index (χ0n) is 13.3. The topological polar surface area (TPSA) is 28.4 Å². The molecule has 114 valence electrons. The standard InChI is InChI=1S/C17H30N2O/c1-4-15-7-9-16(10-8-15)19(3)12-11-18-14(2)17-6-5-13-20-17/h5-6,13-16,18H,4,7-12H2,1-3H3. The van der Waals surface area contributed by atoms with Crippen LogP contribution in [0.1, 0.15) is 57.8 Å². The van der Waals surface area contributed by atoms with E-state index in [0.29, 0.717) is 6.04 Å². The van der Waals surface area contributed by atoms with E-state index in [0.717, 1.165) is 30.8 Å². The Bertz CT molecular complexity index is 355. The number of rotatable bonds is 7. The fourth-order valence-electron chi connectivity index (χ4n) is 3.27. The van der Waals surface area contributed by atoms with E-state index >= 15 is 0 Å². The third-order valence-corrected chi connectivity index (χ3v) is 4.90. The van der Waals surface area contributed by atoms with Crippen LogP contribution in [-0.4, -0.2) is 31.1 Å². The normalized spacial score (nSPS) is 25.0. The average Bonchev–Trinajstić information content (AvgIpc) is 3.01. The molecule has 1 aromatic rings. The summed E-state index contributed by atoms with van der Waals surface area (Å²) in [5.74, 6) is 2.01. The minimum Gasteiger partial charge on any atom is -0.468 e. The number of nitrogens with one attached hydrogen (secondary N) is 1. The molecular formula is C17H30N2O. The average molecular weight is 278 g/mol. The number of furan rings is 1. The summed E-state index contributed by atoms with van der Waals surface area (Å²) in [6, 6.07) is 5.08.